The molecule has 5 nitrogen and oxygen atoms in total. The molecule has 0 aliphatic heterocycles. The minimum atomic E-state index is -4.55. The molecule has 0 fully saturated rings. The highest BCUT2D eigenvalue weighted by Gasteiger charge is 2.34. The van der Waals surface area contributed by atoms with Crippen molar-refractivity contribution < 1.29 is 27.8 Å². The molecule has 24 heavy (non-hydrogen) atoms. The van der Waals surface area contributed by atoms with Gasteiger partial charge in [-0.05, 0) is 30.5 Å². The summed E-state index contributed by atoms with van der Waals surface area (Å²) in [5.41, 5.74) is -2.04. The van der Waals surface area contributed by atoms with E-state index in [9.17, 15) is 23.1 Å². The summed E-state index contributed by atoms with van der Waals surface area (Å²) in [5, 5.41) is 14.8. The van der Waals surface area contributed by atoms with Crippen LogP contribution in [-0.2, 0) is 12.7 Å². The normalized spacial score (nSPS) is 14.2. The highest BCUT2D eigenvalue weighted by Crippen LogP contribution is 2.34. The maximum Gasteiger partial charge on any atom is 0.416 e. The molecule has 136 valence electrons. The van der Waals surface area contributed by atoms with E-state index in [0.29, 0.717) is 0 Å². The first-order valence-corrected chi connectivity index (χ1v) is 7.45. The molecule has 0 radical (unpaired) electrons. The van der Waals surface area contributed by atoms with Crippen molar-refractivity contribution in [1.29, 1.82) is 0 Å². The van der Waals surface area contributed by atoms with E-state index >= 15 is 0 Å². The zero-order valence-electron chi connectivity index (χ0n) is 14.1. The third-order valence-corrected chi connectivity index (χ3v) is 3.91. The van der Waals surface area contributed by atoms with E-state index in [1.165, 1.54) is 19.2 Å². The van der Waals surface area contributed by atoms with Crippen LogP contribution in [0, 0.1) is 5.92 Å². The Kier molecular flexibility index (Phi) is 6.48. The fourth-order valence-electron chi connectivity index (χ4n) is 1.80. The quantitative estimate of drug-likeness (QED) is 0.740. The number of alkyl halides is 3. The molecule has 0 aliphatic rings. The van der Waals surface area contributed by atoms with E-state index in [0.717, 1.165) is 6.07 Å². The summed E-state index contributed by atoms with van der Waals surface area (Å²) in [4.78, 5) is 11.7. The number of urea groups is 1. The van der Waals surface area contributed by atoms with Gasteiger partial charge in [-0.15, -0.1) is 0 Å². The molecule has 0 saturated heterocycles. The fourth-order valence-corrected chi connectivity index (χ4v) is 1.80. The standard InChI is InChI=1S/C16H23F3N2O3/c1-10(2)15(3,23)9-21-14(22)20-8-11-5-6-12(24-4)7-13(11)16(17,18)19/h5-7,10,23H,8-9H2,1-4H3,(H2,20,21,22). The number of ether oxygens (including phenoxy) is 1. The second-order valence-corrected chi connectivity index (χ2v) is 6.07. The monoisotopic (exact) mass is 348 g/mol. The van der Waals surface area contributed by atoms with Gasteiger partial charge in [0.25, 0.3) is 0 Å². The fraction of sp³-hybridized carbons (Fsp3) is 0.562. The number of carbonyl (C=O) groups is 1. The van der Waals surface area contributed by atoms with Gasteiger partial charge in [0, 0.05) is 13.1 Å². The topological polar surface area (TPSA) is 70.6 Å². The third-order valence-electron chi connectivity index (χ3n) is 3.91. The summed E-state index contributed by atoms with van der Waals surface area (Å²) in [6.07, 6.45) is -4.55. The number of aliphatic hydroxyl groups is 1. The van der Waals surface area contributed by atoms with Gasteiger partial charge >= 0.3 is 12.2 Å². The Morgan fingerprint density at radius 1 is 1.29 bits per heavy atom. The van der Waals surface area contributed by atoms with Gasteiger partial charge < -0.3 is 20.5 Å². The maximum atomic E-state index is 13.1. The highest BCUT2D eigenvalue weighted by atomic mass is 19.4. The minimum Gasteiger partial charge on any atom is -0.497 e. The summed E-state index contributed by atoms with van der Waals surface area (Å²) in [6.45, 7) is 4.86. The van der Waals surface area contributed by atoms with Crippen LogP contribution < -0.4 is 15.4 Å². The van der Waals surface area contributed by atoms with Crippen molar-refractivity contribution in [3.63, 3.8) is 0 Å². The Morgan fingerprint density at radius 2 is 1.92 bits per heavy atom. The number of carbonyl (C=O) groups excluding carboxylic acids is 1. The van der Waals surface area contributed by atoms with Gasteiger partial charge in [-0.3, -0.25) is 0 Å². The van der Waals surface area contributed by atoms with E-state index in [1.807, 2.05) is 0 Å². The Balaban J connectivity index is 2.72. The lowest BCUT2D eigenvalue weighted by Crippen LogP contribution is -2.47. The number of amides is 2. The lowest BCUT2D eigenvalue weighted by molar-refractivity contribution is -0.138. The van der Waals surface area contributed by atoms with E-state index in [-0.39, 0.29) is 30.3 Å². The lowest BCUT2D eigenvalue weighted by Gasteiger charge is -2.27. The van der Waals surface area contributed by atoms with E-state index in [4.69, 9.17) is 4.74 Å². The van der Waals surface area contributed by atoms with E-state index in [2.05, 4.69) is 10.6 Å². The number of halogens is 3. The smallest absolute Gasteiger partial charge is 0.416 e. The Morgan fingerprint density at radius 3 is 2.42 bits per heavy atom. The first-order chi connectivity index (χ1) is 11.0. The van der Waals surface area contributed by atoms with Crippen molar-refractivity contribution >= 4 is 6.03 Å². The van der Waals surface area contributed by atoms with Crippen LogP contribution in [0.15, 0.2) is 18.2 Å². The molecule has 0 aromatic heterocycles. The second-order valence-electron chi connectivity index (χ2n) is 6.07. The molecule has 0 spiro atoms. The highest BCUT2D eigenvalue weighted by molar-refractivity contribution is 5.74. The van der Waals surface area contributed by atoms with Crippen LogP contribution in [0.1, 0.15) is 31.9 Å². The summed E-state index contributed by atoms with van der Waals surface area (Å²) in [5.74, 6) is -0.000253. The molecule has 3 N–H and O–H groups in total. The first-order valence-electron chi connectivity index (χ1n) is 7.45. The van der Waals surface area contributed by atoms with Crippen molar-refractivity contribution in [2.75, 3.05) is 13.7 Å². The summed E-state index contributed by atoms with van der Waals surface area (Å²) >= 11 is 0. The number of hydrogen-bond acceptors (Lipinski definition) is 3. The average Bonchev–Trinajstić information content (AvgIpc) is 2.49. The zero-order valence-corrected chi connectivity index (χ0v) is 14.1. The van der Waals surface area contributed by atoms with Crippen molar-refractivity contribution in [3.05, 3.63) is 29.3 Å². The van der Waals surface area contributed by atoms with Crippen molar-refractivity contribution in [3.8, 4) is 5.75 Å². The molecule has 0 aliphatic carbocycles. The van der Waals surface area contributed by atoms with Crippen LogP contribution in [-0.4, -0.2) is 30.4 Å². The molecule has 0 saturated carbocycles. The SMILES string of the molecule is COc1ccc(CNC(=O)NCC(C)(O)C(C)C)c(C(F)(F)F)c1. The van der Waals surface area contributed by atoms with Crippen LogP contribution in [0.2, 0.25) is 0 Å². The molecular weight excluding hydrogens is 325 g/mol. The number of benzene rings is 1. The largest absolute Gasteiger partial charge is 0.497 e. The third kappa shape index (κ3) is 5.59. The zero-order chi connectivity index (χ0) is 18.5. The molecule has 1 atom stereocenters. The van der Waals surface area contributed by atoms with Crippen molar-refractivity contribution in [2.45, 2.75) is 39.1 Å². The van der Waals surface area contributed by atoms with Crippen LogP contribution >= 0.6 is 0 Å². The van der Waals surface area contributed by atoms with Gasteiger partial charge in [0.05, 0.1) is 18.3 Å². The van der Waals surface area contributed by atoms with E-state index in [1.54, 1.807) is 20.8 Å². The Hall–Kier alpha value is -1.96. The second kappa shape index (κ2) is 7.74. The minimum absolute atomic E-state index is 0.00869. The average molecular weight is 348 g/mol. The van der Waals surface area contributed by atoms with Crippen LogP contribution in [0.4, 0.5) is 18.0 Å². The molecule has 0 heterocycles. The molecule has 1 rings (SSSR count). The summed E-state index contributed by atoms with van der Waals surface area (Å²) in [6, 6.07) is 2.89. The van der Waals surface area contributed by atoms with Gasteiger partial charge in [-0.1, -0.05) is 19.9 Å². The van der Waals surface area contributed by atoms with Gasteiger partial charge in [0.2, 0.25) is 0 Å². The number of hydrogen-bond donors (Lipinski definition) is 3. The summed E-state index contributed by atoms with van der Waals surface area (Å²) < 4.78 is 44.0. The lowest BCUT2D eigenvalue weighted by atomic mass is 9.93. The molecule has 0 bridgehead atoms. The van der Waals surface area contributed by atoms with Crippen LogP contribution in [0.5, 0.6) is 5.75 Å². The van der Waals surface area contributed by atoms with E-state index < -0.39 is 23.4 Å². The molecule has 1 aromatic rings. The predicted molar refractivity (Wildman–Crippen MR) is 83.7 cm³/mol. The van der Waals surface area contributed by atoms with Crippen molar-refractivity contribution in [2.24, 2.45) is 5.92 Å². The Labute approximate surface area is 139 Å². The molecular formula is C16H23F3N2O3. The first kappa shape index (κ1) is 20.1. The van der Waals surface area contributed by atoms with Gasteiger partial charge in [-0.2, -0.15) is 13.2 Å². The number of methoxy groups -OCH3 is 1. The maximum absolute atomic E-state index is 13.1. The number of nitrogens with one attached hydrogen (secondary N) is 2. The molecule has 1 aromatic carbocycles. The predicted octanol–water partition coefficient (Wildman–Crippen LogP) is 2.92. The Bertz CT molecular complexity index is 572. The number of rotatable bonds is 6. The molecule has 1 unspecified atom stereocenters. The molecule has 2 amide bonds. The molecule has 8 heteroatoms. The van der Waals surface area contributed by atoms with Crippen LogP contribution in [0.3, 0.4) is 0 Å². The summed E-state index contributed by atoms with van der Waals surface area (Å²) in [7, 11) is 1.28. The van der Waals surface area contributed by atoms with Gasteiger partial charge in [0.15, 0.2) is 0 Å². The van der Waals surface area contributed by atoms with Crippen LogP contribution in [0.25, 0.3) is 0 Å². The van der Waals surface area contributed by atoms with Gasteiger partial charge in [-0.25, -0.2) is 4.79 Å². The van der Waals surface area contributed by atoms with Gasteiger partial charge in [0.1, 0.15) is 5.75 Å². The van der Waals surface area contributed by atoms with Crippen molar-refractivity contribution in [1.82, 2.24) is 10.6 Å².